The van der Waals surface area contributed by atoms with E-state index in [-0.39, 0.29) is 5.82 Å². The number of halogens is 1. The summed E-state index contributed by atoms with van der Waals surface area (Å²) in [6.07, 6.45) is 3.04. The summed E-state index contributed by atoms with van der Waals surface area (Å²) in [6.45, 7) is 4.35. The number of aryl methyl sites for hydroxylation is 1. The third-order valence-electron chi connectivity index (χ3n) is 3.64. The van der Waals surface area contributed by atoms with Gasteiger partial charge < -0.3 is 9.47 Å². The van der Waals surface area contributed by atoms with Crippen LogP contribution in [-0.2, 0) is 11.2 Å². The van der Waals surface area contributed by atoms with E-state index in [1.807, 2.05) is 13.0 Å². The van der Waals surface area contributed by atoms with E-state index in [0.717, 1.165) is 36.8 Å². The lowest BCUT2D eigenvalue weighted by molar-refractivity contribution is 0.0992. The molecule has 0 saturated carbocycles. The first kappa shape index (κ1) is 18.0. The summed E-state index contributed by atoms with van der Waals surface area (Å²) in [5.74, 6) is 0.138. The van der Waals surface area contributed by atoms with Crippen LogP contribution in [0, 0.1) is 5.82 Å². The SMILES string of the molecule is CCCCc1ccc(-c2ccc(OC(=O)OCCC)cc2)c(F)c1. The molecule has 0 aliphatic carbocycles. The first-order valence-electron chi connectivity index (χ1n) is 8.37. The molecule has 2 aromatic rings. The Labute approximate surface area is 142 Å². The molecule has 0 amide bonds. The molecule has 128 valence electrons. The molecule has 2 rings (SSSR count). The Morgan fingerprint density at radius 3 is 2.42 bits per heavy atom. The van der Waals surface area contributed by atoms with E-state index in [1.54, 1.807) is 36.4 Å². The molecule has 0 aliphatic heterocycles. The molecule has 0 spiro atoms. The molecule has 0 aromatic heterocycles. The van der Waals surface area contributed by atoms with Crippen LogP contribution in [0.2, 0.25) is 0 Å². The zero-order chi connectivity index (χ0) is 17.4. The number of carbonyl (C=O) groups is 1. The lowest BCUT2D eigenvalue weighted by atomic mass is 10.0. The van der Waals surface area contributed by atoms with Gasteiger partial charge in [-0.05, 0) is 48.6 Å². The smallest absolute Gasteiger partial charge is 0.434 e. The number of carbonyl (C=O) groups excluding carboxylic acids is 1. The monoisotopic (exact) mass is 330 g/mol. The van der Waals surface area contributed by atoms with E-state index in [2.05, 4.69) is 6.92 Å². The van der Waals surface area contributed by atoms with Crippen molar-refractivity contribution in [2.75, 3.05) is 6.61 Å². The van der Waals surface area contributed by atoms with Crippen molar-refractivity contribution in [3.8, 4) is 16.9 Å². The van der Waals surface area contributed by atoms with Crippen LogP contribution in [0.1, 0.15) is 38.7 Å². The average molecular weight is 330 g/mol. The van der Waals surface area contributed by atoms with Crippen molar-refractivity contribution in [1.29, 1.82) is 0 Å². The Bertz CT molecular complexity index is 665. The molecule has 4 heteroatoms. The summed E-state index contributed by atoms with van der Waals surface area (Å²) in [4.78, 5) is 11.4. The maximum absolute atomic E-state index is 14.3. The van der Waals surface area contributed by atoms with E-state index in [4.69, 9.17) is 9.47 Å². The highest BCUT2D eigenvalue weighted by Crippen LogP contribution is 2.26. The minimum Gasteiger partial charge on any atom is -0.434 e. The van der Waals surface area contributed by atoms with Crippen LogP contribution in [0.25, 0.3) is 11.1 Å². The topological polar surface area (TPSA) is 35.5 Å². The maximum atomic E-state index is 14.3. The molecule has 0 radical (unpaired) electrons. The quantitative estimate of drug-likeness (QED) is 0.478. The molecule has 0 N–H and O–H groups in total. The van der Waals surface area contributed by atoms with Crippen molar-refractivity contribution in [3.63, 3.8) is 0 Å². The lowest BCUT2D eigenvalue weighted by Crippen LogP contribution is -2.10. The largest absolute Gasteiger partial charge is 0.513 e. The van der Waals surface area contributed by atoms with E-state index in [0.29, 0.717) is 17.9 Å². The van der Waals surface area contributed by atoms with Crippen LogP contribution in [0.5, 0.6) is 5.75 Å². The molecular weight excluding hydrogens is 307 g/mol. The summed E-state index contributed by atoms with van der Waals surface area (Å²) < 4.78 is 24.2. The Balaban J connectivity index is 2.06. The predicted octanol–water partition coefficient (Wildman–Crippen LogP) is 5.76. The molecule has 0 fully saturated rings. The molecule has 0 atom stereocenters. The Morgan fingerprint density at radius 1 is 1.04 bits per heavy atom. The first-order chi connectivity index (χ1) is 11.6. The fourth-order valence-corrected chi connectivity index (χ4v) is 2.34. The summed E-state index contributed by atoms with van der Waals surface area (Å²) in [5.41, 5.74) is 2.29. The van der Waals surface area contributed by atoms with Crippen LogP contribution in [0.3, 0.4) is 0 Å². The molecular formula is C20H23FO3. The molecule has 0 aliphatic rings. The van der Waals surface area contributed by atoms with E-state index in [1.165, 1.54) is 0 Å². The summed E-state index contributed by atoms with van der Waals surface area (Å²) >= 11 is 0. The number of rotatable bonds is 7. The molecule has 0 saturated heterocycles. The van der Waals surface area contributed by atoms with Gasteiger partial charge in [-0.3, -0.25) is 0 Å². The summed E-state index contributed by atoms with van der Waals surface area (Å²) in [5, 5.41) is 0. The standard InChI is InChI=1S/C20H23FO3/c1-3-5-6-15-7-12-18(19(21)14-15)16-8-10-17(11-9-16)24-20(22)23-13-4-2/h7-12,14H,3-6,13H2,1-2H3. The normalized spacial score (nSPS) is 10.5. The third-order valence-corrected chi connectivity index (χ3v) is 3.64. The van der Waals surface area contributed by atoms with Gasteiger partial charge in [0, 0.05) is 5.56 Å². The number of ether oxygens (including phenoxy) is 2. The Morgan fingerprint density at radius 2 is 1.79 bits per heavy atom. The number of hydrogen-bond donors (Lipinski definition) is 0. The van der Waals surface area contributed by atoms with E-state index >= 15 is 0 Å². The third kappa shape index (κ3) is 5.08. The van der Waals surface area contributed by atoms with Crippen molar-refractivity contribution in [3.05, 3.63) is 53.8 Å². The fourth-order valence-electron chi connectivity index (χ4n) is 2.34. The highest BCUT2D eigenvalue weighted by atomic mass is 19.1. The van der Waals surface area contributed by atoms with Gasteiger partial charge in [-0.15, -0.1) is 0 Å². The van der Waals surface area contributed by atoms with Gasteiger partial charge in [-0.1, -0.05) is 44.5 Å². The summed E-state index contributed by atoms with van der Waals surface area (Å²) in [6, 6.07) is 12.1. The van der Waals surface area contributed by atoms with Gasteiger partial charge in [0.15, 0.2) is 0 Å². The van der Waals surface area contributed by atoms with Crippen molar-refractivity contribution < 1.29 is 18.7 Å². The van der Waals surface area contributed by atoms with Crippen LogP contribution in [0.4, 0.5) is 9.18 Å². The van der Waals surface area contributed by atoms with Crippen LogP contribution >= 0.6 is 0 Å². The molecule has 2 aromatic carbocycles. The van der Waals surface area contributed by atoms with Crippen LogP contribution in [-0.4, -0.2) is 12.8 Å². The molecule has 24 heavy (non-hydrogen) atoms. The second-order valence-electron chi connectivity index (χ2n) is 5.64. The zero-order valence-electron chi connectivity index (χ0n) is 14.2. The minimum atomic E-state index is -0.726. The Hall–Kier alpha value is -2.36. The summed E-state index contributed by atoms with van der Waals surface area (Å²) in [7, 11) is 0. The predicted molar refractivity (Wildman–Crippen MR) is 92.7 cm³/mol. The van der Waals surface area contributed by atoms with Gasteiger partial charge in [-0.25, -0.2) is 9.18 Å². The van der Waals surface area contributed by atoms with Crippen LogP contribution < -0.4 is 4.74 Å². The van der Waals surface area contributed by atoms with E-state index < -0.39 is 6.16 Å². The van der Waals surface area contributed by atoms with Crippen molar-refractivity contribution in [1.82, 2.24) is 0 Å². The van der Waals surface area contributed by atoms with Crippen molar-refractivity contribution >= 4 is 6.16 Å². The molecule has 0 bridgehead atoms. The van der Waals surface area contributed by atoms with Crippen molar-refractivity contribution in [2.24, 2.45) is 0 Å². The molecule has 3 nitrogen and oxygen atoms in total. The van der Waals surface area contributed by atoms with Gasteiger partial charge in [0.1, 0.15) is 11.6 Å². The van der Waals surface area contributed by atoms with Gasteiger partial charge >= 0.3 is 6.16 Å². The van der Waals surface area contributed by atoms with E-state index in [9.17, 15) is 9.18 Å². The fraction of sp³-hybridized carbons (Fsp3) is 0.350. The van der Waals surface area contributed by atoms with Gasteiger partial charge in [0.05, 0.1) is 6.61 Å². The lowest BCUT2D eigenvalue weighted by Gasteiger charge is -2.08. The highest BCUT2D eigenvalue weighted by molar-refractivity contribution is 5.67. The zero-order valence-corrected chi connectivity index (χ0v) is 14.2. The molecule has 0 heterocycles. The second kappa shape index (κ2) is 9.06. The Kier molecular flexibility index (Phi) is 6.79. The van der Waals surface area contributed by atoms with Gasteiger partial charge in [0.25, 0.3) is 0 Å². The second-order valence-corrected chi connectivity index (χ2v) is 5.64. The first-order valence-corrected chi connectivity index (χ1v) is 8.37. The van der Waals surface area contributed by atoms with Crippen molar-refractivity contribution in [2.45, 2.75) is 39.5 Å². The average Bonchev–Trinajstić information content (AvgIpc) is 2.59. The number of benzene rings is 2. The maximum Gasteiger partial charge on any atom is 0.513 e. The number of hydrogen-bond acceptors (Lipinski definition) is 3. The van der Waals surface area contributed by atoms with Crippen LogP contribution in [0.15, 0.2) is 42.5 Å². The minimum absolute atomic E-state index is 0.236. The van der Waals surface area contributed by atoms with Gasteiger partial charge in [-0.2, -0.15) is 0 Å². The number of unbranched alkanes of at least 4 members (excludes halogenated alkanes) is 1. The molecule has 0 unspecified atom stereocenters. The highest BCUT2D eigenvalue weighted by Gasteiger charge is 2.09. The van der Waals surface area contributed by atoms with Gasteiger partial charge in [0.2, 0.25) is 0 Å².